The van der Waals surface area contributed by atoms with Crippen LogP contribution in [0.1, 0.15) is 12.6 Å². The molecule has 112 valence electrons. The topological polar surface area (TPSA) is 63.3 Å². The monoisotopic (exact) mass is 302 g/mol. The summed E-state index contributed by atoms with van der Waals surface area (Å²) in [6.07, 6.45) is 1.79. The van der Waals surface area contributed by atoms with Crippen molar-refractivity contribution in [2.24, 2.45) is 5.10 Å². The number of para-hydroxylation sites is 2. The van der Waals surface area contributed by atoms with Crippen molar-refractivity contribution in [3.8, 4) is 0 Å². The second kappa shape index (κ2) is 5.53. The van der Waals surface area contributed by atoms with Crippen LogP contribution in [0, 0.1) is 0 Å². The maximum atomic E-state index is 5.59. The molecular formula is C18H14N4O. The second-order valence-corrected chi connectivity index (χ2v) is 5.18. The summed E-state index contributed by atoms with van der Waals surface area (Å²) in [7, 11) is 0. The zero-order valence-electron chi connectivity index (χ0n) is 12.5. The molecule has 0 atom stereocenters. The first-order chi connectivity index (χ1) is 11.3. The third-order valence-corrected chi connectivity index (χ3v) is 3.63. The van der Waals surface area contributed by atoms with E-state index in [1.165, 1.54) is 0 Å². The van der Waals surface area contributed by atoms with E-state index in [-0.39, 0.29) is 0 Å². The number of hydrogen-bond donors (Lipinski definition) is 1. The van der Waals surface area contributed by atoms with Gasteiger partial charge in [-0.2, -0.15) is 10.1 Å². The van der Waals surface area contributed by atoms with E-state index in [1.54, 1.807) is 6.20 Å². The number of hydrazone groups is 1. The van der Waals surface area contributed by atoms with Crippen molar-refractivity contribution in [2.75, 3.05) is 5.43 Å². The van der Waals surface area contributed by atoms with Gasteiger partial charge in [0, 0.05) is 11.6 Å². The van der Waals surface area contributed by atoms with Crippen LogP contribution in [0.3, 0.4) is 0 Å². The van der Waals surface area contributed by atoms with Gasteiger partial charge in [-0.3, -0.25) is 4.98 Å². The molecule has 23 heavy (non-hydrogen) atoms. The molecule has 0 saturated heterocycles. The summed E-state index contributed by atoms with van der Waals surface area (Å²) >= 11 is 0. The predicted octanol–water partition coefficient (Wildman–Crippen LogP) is 4.21. The Morgan fingerprint density at radius 3 is 2.78 bits per heavy atom. The highest BCUT2D eigenvalue weighted by Crippen LogP contribution is 2.19. The van der Waals surface area contributed by atoms with Crippen LogP contribution >= 0.6 is 0 Å². The molecule has 0 aliphatic rings. The van der Waals surface area contributed by atoms with E-state index in [0.29, 0.717) is 6.01 Å². The number of nitrogens with one attached hydrogen (secondary N) is 1. The maximum absolute atomic E-state index is 5.59. The largest absolute Gasteiger partial charge is 0.422 e. The lowest BCUT2D eigenvalue weighted by molar-refractivity contribution is 0.617. The quantitative estimate of drug-likeness (QED) is 0.455. The van der Waals surface area contributed by atoms with Crippen molar-refractivity contribution in [3.63, 3.8) is 0 Å². The Bertz CT molecular complexity index is 981. The molecule has 0 fully saturated rings. The van der Waals surface area contributed by atoms with Crippen LogP contribution < -0.4 is 5.43 Å². The predicted molar refractivity (Wildman–Crippen MR) is 91.6 cm³/mol. The summed E-state index contributed by atoms with van der Waals surface area (Å²) in [5.41, 5.74) is 6.00. The Morgan fingerprint density at radius 2 is 1.87 bits per heavy atom. The second-order valence-electron chi connectivity index (χ2n) is 5.18. The zero-order valence-corrected chi connectivity index (χ0v) is 12.5. The summed E-state index contributed by atoms with van der Waals surface area (Å²) < 4.78 is 5.59. The molecular weight excluding hydrogens is 288 g/mol. The van der Waals surface area contributed by atoms with Gasteiger partial charge < -0.3 is 4.42 Å². The summed E-state index contributed by atoms with van der Waals surface area (Å²) in [5, 5.41) is 6.56. The zero-order chi connectivity index (χ0) is 15.6. The first-order valence-corrected chi connectivity index (χ1v) is 7.31. The SMILES string of the molecule is C/C(=N\Nc1nc2ccccc2o1)c1nccc2ccccc12. The van der Waals surface area contributed by atoms with E-state index in [1.807, 2.05) is 55.5 Å². The van der Waals surface area contributed by atoms with E-state index in [4.69, 9.17) is 4.42 Å². The summed E-state index contributed by atoms with van der Waals surface area (Å²) in [5.74, 6) is 0. The molecule has 0 radical (unpaired) electrons. The molecule has 5 nitrogen and oxygen atoms in total. The fourth-order valence-electron chi connectivity index (χ4n) is 2.51. The minimum Gasteiger partial charge on any atom is -0.422 e. The Balaban J connectivity index is 1.67. The van der Waals surface area contributed by atoms with Crippen LogP contribution in [-0.2, 0) is 0 Å². The Kier molecular flexibility index (Phi) is 3.24. The molecule has 0 spiro atoms. The average Bonchev–Trinajstić information content (AvgIpc) is 3.02. The van der Waals surface area contributed by atoms with Crippen molar-refractivity contribution in [1.29, 1.82) is 0 Å². The molecule has 0 aliphatic heterocycles. The average molecular weight is 302 g/mol. The minimum absolute atomic E-state index is 0.366. The molecule has 1 N–H and O–H groups in total. The van der Waals surface area contributed by atoms with Gasteiger partial charge in [0.2, 0.25) is 0 Å². The standard InChI is InChI=1S/C18H14N4O/c1-12(17-14-7-3-2-6-13(14)10-11-19-17)21-22-18-20-15-8-4-5-9-16(15)23-18/h2-11H,1H3,(H,20,22)/b21-12+. The third kappa shape index (κ3) is 2.53. The minimum atomic E-state index is 0.366. The Hall–Kier alpha value is -3.21. The fourth-order valence-corrected chi connectivity index (χ4v) is 2.51. The Morgan fingerprint density at radius 1 is 1.04 bits per heavy atom. The number of aromatic nitrogens is 2. The highest BCUT2D eigenvalue weighted by molar-refractivity contribution is 6.08. The summed E-state index contributed by atoms with van der Waals surface area (Å²) in [4.78, 5) is 8.78. The van der Waals surface area contributed by atoms with Gasteiger partial charge in [-0.05, 0) is 30.5 Å². The lowest BCUT2D eigenvalue weighted by atomic mass is 10.1. The first-order valence-electron chi connectivity index (χ1n) is 7.31. The van der Waals surface area contributed by atoms with Gasteiger partial charge in [-0.25, -0.2) is 5.43 Å². The molecule has 5 heteroatoms. The molecule has 0 unspecified atom stereocenters. The van der Waals surface area contributed by atoms with Crippen LogP contribution in [0.2, 0.25) is 0 Å². The van der Waals surface area contributed by atoms with E-state index in [2.05, 4.69) is 26.6 Å². The van der Waals surface area contributed by atoms with E-state index in [0.717, 1.165) is 33.3 Å². The lowest BCUT2D eigenvalue weighted by Crippen LogP contribution is -2.03. The summed E-state index contributed by atoms with van der Waals surface area (Å²) in [6, 6.07) is 18.0. The number of benzene rings is 2. The number of anilines is 1. The van der Waals surface area contributed by atoms with Gasteiger partial charge >= 0.3 is 6.01 Å². The molecule has 0 saturated carbocycles. The van der Waals surface area contributed by atoms with Gasteiger partial charge in [0.15, 0.2) is 5.58 Å². The number of pyridine rings is 1. The molecule has 0 amide bonds. The highest BCUT2D eigenvalue weighted by atomic mass is 16.4. The van der Waals surface area contributed by atoms with Gasteiger partial charge in [-0.15, -0.1) is 0 Å². The highest BCUT2D eigenvalue weighted by Gasteiger charge is 2.07. The number of fused-ring (bicyclic) bond motifs is 2. The number of oxazole rings is 1. The van der Waals surface area contributed by atoms with Crippen molar-refractivity contribution in [2.45, 2.75) is 6.92 Å². The van der Waals surface area contributed by atoms with Gasteiger partial charge in [-0.1, -0.05) is 36.4 Å². The number of nitrogens with zero attached hydrogens (tertiary/aromatic N) is 3. The van der Waals surface area contributed by atoms with Crippen LogP contribution in [0.15, 0.2) is 70.3 Å². The fraction of sp³-hybridized carbons (Fsp3) is 0.0556. The summed E-state index contributed by atoms with van der Waals surface area (Å²) in [6.45, 7) is 1.91. The van der Waals surface area contributed by atoms with Crippen LogP contribution in [-0.4, -0.2) is 15.7 Å². The third-order valence-electron chi connectivity index (χ3n) is 3.63. The Labute approximate surface area is 132 Å². The van der Waals surface area contributed by atoms with Crippen molar-refractivity contribution < 1.29 is 4.42 Å². The number of hydrogen-bond acceptors (Lipinski definition) is 5. The van der Waals surface area contributed by atoms with Crippen molar-refractivity contribution in [1.82, 2.24) is 9.97 Å². The van der Waals surface area contributed by atoms with Gasteiger partial charge in [0.05, 0.1) is 11.4 Å². The van der Waals surface area contributed by atoms with E-state index in [9.17, 15) is 0 Å². The molecule has 0 aliphatic carbocycles. The van der Waals surface area contributed by atoms with E-state index < -0.39 is 0 Å². The van der Waals surface area contributed by atoms with Crippen molar-refractivity contribution >= 4 is 33.6 Å². The van der Waals surface area contributed by atoms with Crippen LogP contribution in [0.4, 0.5) is 6.01 Å². The van der Waals surface area contributed by atoms with Gasteiger partial charge in [0.25, 0.3) is 0 Å². The molecule has 2 aromatic heterocycles. The normalized spacial score (nSPS) is 12.0. The molecule has 4 aromatic rings. The first kappa shape index (κ1) is 13.5. The lowest BCUT2D eigenvalue weighted by Gasteiger charge is -2.04. The molecule has 2 heterocycles. The molecule has 0 bridgehead atoms. The van der Waals surface area contributed by atoms with Gasteiger partial charge in [0.1, 0.15) is 5.52 Å². The molecule has 2 aromatic carbocycles. The number of rotatable bonds is 3. The van der Waals surface area contributed by atoms with Crippen LogP contribution in [0.5, 0.6) is 0 Å². The van der Waals surface area contributed by atoms with Crippen LogP contribution in [0.25, 0.3) is 21.9 Å². The maximum Gasteiger partial charge on any atom is 0.316 e. The van der Waals surface area contributed by atoms with E-state index >= 15 is 0 Å². The molecule has 4 rings (SSSR count). The smallest absolute Gasteiger partial charge is 0.316 e. The van der Waals surface area contributed by atoms with Crippen molar-refractivity contribution in [3.05, 3.63) is 66.5 Å².